The number of benzene rings is 1. The van der Waals surface area contributed by atoms with Gasteiger partial charge in [0.25, 0.3) is 0 Å². The van der Waals surface area contributed by atoms with E-state index < -0.39 is 0 Å². The molecule has 0 bridgehead atoms. The van der Waals surface area contributed by atoms with E-state index in [1.165, 1.54) is 12.7 Å². The Balaban J connectivity index is 2.93. The number of halogens is 2. The van der Waals surface area contributed by atoms with E-state index in [9.17, 15) is 0 Å². The molecule has 1 rings (SSSR count). The van der Waals surface area contributed by atoms with Crippen molar-refractivity contribution in [3.05, 3.63) is 30.9 Å². The minimum Gasteiger partial charge on any atom is -0.0597 e. The summed E-state index contributed by atoms with van der Waals surface area (Å²) in [6.45, 7) is 0. The molecule has 0 saturated heterocycles. The van der Waals surface area contributed by atoms with Crippen LogP contribution in [0, 0.1) is 7.14 Å². The van der Waals surface area contributed by atoms with Gasteiger partial charge in [0.15, 0.2) is 0 Å². The van der Waals surface area contributed by atoms with Crippen LogP contribution < -0.4 is 0 Å². The van der Waals surface area contributed by atoms with Crippen molar-refractivity contribution < 1.29 is 0 Å². The normalized spacial score (nSPS) is 10.1. The van der Waals surface area contributed by atoms with Gasteiger partial charge in [-0.05, 0) is 75.4 Å². The number of aryl methyl sites for hydroxylation is 1. The fourth-order valence-electron chi connectivity index (χ4n) is 0.870. The van der Waals surface area contributed by atoms with Gasteiger partial charge in [-0.1, -0.05) is 6.04 Å². The van der Waals surface area contributed by atoms with Crippen molar-refractivity contribution in [2.75, 3.05) is 0 Å². The van der Waals surface area contributed by atoms with Gasteiger partial charge in [0, 0.05) is 17.4 Å². The molecule has 11 heavy (non-hydrogen) atoms. The van der Waals surface area contributed by atoms with E-state index in [0.717, 1.165) is 12.5 Å². The van der Waals surface area contributed by atoms with Gasteiger partial charge in [-0.2, -0.15) is 0 Å². The summed E-state index contributed by atoms with van der Waals surface area (Å²) in [7, 11) is 3.48. The Morgan fingerprint density at radius 1 is 1.27 bits per heavy atom. The number of rotatable bonds is 2. The molecule has 0 aliphatic heterocycles. The Morgan fingerprint density at radius 3 is 2.64 bits per heavy atom. The van der Waals surface area contributed by atoms with E-state index >= 15 is 0 Å². The number of hydrogen-bond donors (Lipinski definition) is 0. The van der Waals surface area contributed by atoms with Gasteiger partial charge in [0.05, 0.1) is 0 Å². The van der Waals surface area contributed by atoms with Crippen LogP contribution in [0.3, 0.4) is 0 Å². The quantitative estimate of drug-likeness (QED) is 0.543. The molecule has 57 valence electrons. The summed E-state index contributed by atoms with van der Waals surface area (Å²) in [4.78, 5) is 0. The zero-order valence-corrected chi connectivity index (χ0v) is 11.2. The summed E-state index contributed by atoms with van der Waals surface area (Å²) in [5, 5.41) is 0. The maximum Gasteiger partial charge on any atom is 0.0225 e. The first-order chi connectivity index (χ1) is 5.24. The third kappa shape index (κ3) is 3.02. The maximum atomic E-state index is 3.48. The number of hydrogen-bond acceptors (Lipinski definition) is 0. The molecule has 1 aromatic carbocycles. The molecular weight excluding hydrogens is 378 g/mol. The summed E-state index contributed by atoms with van der Waals surface area (Å²) in [5.41, 5.74) is 1.44. The Labute approximate surface area is 97.9 Å². The van der Waals surface area contributed by atoms with Gasteiger partial charge in [-0.25, -0.2) is 0 Å². The van der Waals surface area contributed by atoms with E-state index in [-0.39, 0.29) is 0 Å². The lowest BCUT2D eigenvalue weighted by atomic mass is 10.2. The fourth-order valence-corrected chi connectivity index (χ4v) is 2.30. The van der Waals surface area contributed by atoms with E-state index in [2.05, 4.69) is 73.6 Å². The fraction of sp³-hybridized carbons (Fsp3) is 0.250. The second kappa shape index (κ2) is 4.81. The highest BCUT2D eigenvalue weighted by Crippen LogP contribution is 2.16. The second-order valence-corrected chi connectivity index (χ2v) is 5.14. The molecule has 0 heterocycles. The van der Waals surface area contributed by atoms with E-state index in [1.807, 2.05) is 0 Å². The standard InChI is InChI=1S/C8H7I2Si/c9-7-1-2-8(10)6(5-7)3-4-11/h1-2,5H,3-4H2. The molecule has 0 nitrogen and oxygen atoms in total. The van der Waals surface area contributed by atoms with Crippen LogP contribution in [0.1, 0.15) is 5.56 Å². The van der Waals surface area contributed by atoms with Crippen LogP contribution in [0.25, 0.3) is 0 Å². The lowest BCUT2D eigenvalue weighted by Crippen LogP contribution is -1.89. The van der Waals surface area contributed by atoms with E-state index in [1.54, 1.807) is 0 Å². The molecule has 0 fully saturated rings. The minimum atomic E-state index is 1.04. The molecule has 3 radical (unpaired) electrons. The zero-order valence-electron chi connectivity index (χ0n) is 5.90. The van der Waals surface area contributed by atoms with Crippen LogP contribution in [0.5, 0.6) is 0 Å². The molecule has 0 unspecified atom stereocenters. The second-order valence-electron chi connectivity index (χ2n) is 2.24. The van der Waals surface area contributed by atoms with Crippen molar-refractivity contribution in [2.24, 2.45) is 0 Å². The third-order valence-corrected chi connectivity index (χ3v) is 3.38. The van der Waals surface area contributed by atoms with Crippen LogP contribution in [-0.2, 0) is 6.42 Å². The molecule has 0 spiro atoms. The first kappa shape index (κ1) is 9.98. The molecule has 1 aromatic rings. The summed E-state index contributed by atoms with van der Waals surface area (Å²) in [6, 6.07) is 7.58. The Kier molecular flexibility index (Phi) is 4.36. The highest BCUT2D eigenvalue weighted by atomic mass is 127. The monoisotopic (exact) mass is 385 g/mol. The lowest BCUT2D eigenvalue weighted by Gasteiger charge is -2.02. The van der Waals surface area contributed by atoms with Crippen molar-refractivity contribution in [3.63, 3.8) is 0 Å². The van der Waals surface area contributed by atoms with Gasteiger partial charge < -0.3 is 0 Å². The van der Waals surface area contributed by atoms with Crippen molar-refractivity contribution in [2.45, 2.75) is 12.5 Å². The lowest BCUT2D eigenvalue weighted by molar-refractivity contribution is 1.12. The summed E-state index contributed by atoms with van der Waals surface area (Å²) >= 11 is 4.72. The van der Waals surface area contributed by atoms with Gasteiger partial charge in [0.1, 0.15) is 0 Å². The largest absolute Gasteiger partial charge is 0.0597 e. The van der Waals surface area contributed by atoms with Crippen LogP contribution in [-0.4, -0.2) is 10.2 Å². The average molecular weight is 385 g/mol. The maximum absolute atomic E-state index is 3.48. The average Bonchev–Trinajstić information content (AvgIpc) is 1.98. The van der Waals surface area contributed by atoms with Crippen LogP contribution in [0.15, 0.2) is 18.2 Å². The molecule has 0 N–H and O–H groups in total. The highest BCUT2D eigenvalue weighted by Gasteiger charge is 1.97. The van der Waals surface area contributed by atoms with Crippen molar-refractivity contribution in [1.29, 1.82) is 0 Å². The third-order valence-electron chi connectivity index (χ3n) is 1.40. The van der Waals surface area contributed by atoms with Crippen molar-refractivity contribution >= 4 is 55.4 Å². The van der Waals surface area contributed by atoms with Crippen LogP contribution >= 0.6 is 45.2 Å². The molecule has 0 saturated carbocycles. The molecule has 0 aliphatic carbocycles. The first-order valence-electron chi connectivity index (χ1n) is 3.32. The highest BCUT2D eigenvalue weighted by molar-refractivity contribution is 14.1. The summed E-state index contributed by atoms with van der Waals surface area (Å²) in [5.74, 6) is 0. The Morgan fingerprint density at radius 2 is 2.00 bits per heavy atom. The van der Waals surface area contributed by atoms with Crippen molar-refractivity contribution in [1.82, 2.24) is 0 Å². The molecule has 0 aromatic heterocycles. The van der Waals surface area contributed by atoms with Crippen LogP contribution in [0.4, 0.5) is 0 Å². The molecule has 0 amide bonds. The molecule has 0 aliphatic rings. The zero-order chi connectivity index (χ0) is 8.27. The summed E-state index contributed by atoms with van der Waals surface area (Å²) in [6.07, 6.45) is 1.12. The van der Waals surface area contributed by atoms with E-state index in [4.69, 9.17) is 0 Å². The topological polar surface area (TPSA) is 0 Å². The minimum absolute atomic E-state index is 1.04. The van der Waals surface area contributed by atoms with Gasteiger partial charge >= 0.3 is 0 Å². The Hall–Kier alpha value is 0.897. The van der Waals surface area contributed by atoms with Gasteiger partial charge in [-0.3, -0.25) is 0 Å². The molecule has 3 heteroatoms. The summed E-state index contributed by atoms with van der Waals surface area (Å²) < 4.78 is 2.68. The molecular formula is C8H7I2Si. The van der Waals surface area contributed by atoms with Gasteiger partial charge in [0.2, 0.25) is 0 Å². The first-order valence-corrected chi connectivity index (χ1v) is 6.19. The smallest absolute Gasteiger partial charge is 0.0225 e. The Bertz CT molecular complexity index is 248. The van der Waals surface area contributed by atoms with E-state index in [0.29, 0.717) is 0 Å². The van der Waals surface area contributed by atoms with Crippen LogP contribution in [0.2, 0.25) is 6.04 Å². The van der Waals surface area contributed by atoms with Crippen molar-refractivity contribution in [3.8, 4) is 0 Å². The predicted octanol–water partition coefficient (Wildman–Crippen LogP) is 3.03. The predicted molar refractivity (Wildman–Crippen MR) is 66.1 cm³/mol. The molecule has 0 atom stereocenters. The SMILES string of the molecule is [Si]CCc1cc(I)ccc1I. The van der Waals surface area contributed by atoms with Gasteiger partial charge in [-0.15, -0.1) is 0 Å².